The number of rotatable bonds is 11. The highest BCUT2D eigenvalue weighted by atomic mass is 35.5. The van der Waals surface area contributed by atoms with Crippen molar-refractivity contribution in [1.29, 1.82) is 0 Å². The molecule has 0 aliphatic rings. The molecule has 7 nitrogen and oxygen atoms in total. The van der Waals surface area contributed by atoms with Crippen molar-refractivity contribution in [2.75, 3.05) is 13.6 Å². The maximum Gasteiger partial charge on any atom is 0.243 e. The summed E-state index contributed by atoms with van der Waals surface area (Å²) >= 11 is 13.0. The van der Waals surface area contributed by atoms with Crippen molar-refractivity contribution in [3.8, 4) is 0 Å². The lowest BCUT2D eigenvalue weighted by atomic mass is 10.0. The van der Waals surface area contributed by atoms with Gasteiger partial charge >= 0.3 is 0 Å². The standard InChI is InChI=1S/C32H33Cl2N3O4S/c1-22(2)35-32(39)30(18-23-10-5-4-6-11-23)37(20-27-28(33)14-9-15-29(27)34)31(38)21-36(3)42(40,41)26-17-16-24-12-7-8-13-25(24)19-26/h4-17,19,22,30H,18,20-21H2,1-3H3,(H,35,39). The Labute approximate surface area is 257 Å². The molecule has 4 aromatic carbocycles. The van der Waals surface area contributed by atoms with Gasteiger partial charge in [0.15, 0.2) is 0 Å². The van der Waals surface area contributed by atoms with Crippen molar-refractivity contribution >= 4 is 55.8 Å². The topological polar surface area (TPSA) is 86.8 Å². The zero-order valence-corrected chi connectivity index (χ0v) is 26.0. The highest BCUT2D eigenvalue weighted by Crippen LogP contribution is 2.28. The van der Waals surface area contributed by atoms with Crippen LogP contribution in [0.4, 0.5) is 0 Å². The third-order valence-corrected chi connectivity index (χ3v) is 9.39. The van der Waals surface area contributed by atoms with Crippen molar-refractivity contribution in [2.45, 2.75) is 43.8 Å². The van der Waals surface area contributed by atoms with Gasteiger partial charge in [0.1, 0.15) is 6.04 Å². The molecule has 1 N–H and O–H groups in total. The summed E-state index contributed by atoms with van der Waals surface area (Å²) in [4.78, 5) is 29.1. The quantitative estimate of drug-likeness (QED) is 0.224. The number of halogens is 2. The summed E-state index contributed by atoms with van der Waals surface area (Å²) in [6, 6.07) is 25.4. The van der Waals surface area contributed by atoms with Crippen LogP contribution in [0.15, 0.2) is 95.9 Å². The van der Waals surface area contributed by atoms with E-state index in [0.717, 1.165) is 20.6 Å². The number of fused-ring (bicyclic) bond motifs is 1. The van der Waals surface area contributed by atoms with Gasteiger partial charge < -0.3 is 10.2 Å². The maximum absolute atomic E-state index is 14.0. The fourth-order valence-corrected chi connectivity index (χ4v) is 6.34. The lowest BCUT2D eigenvalue weighted by Gasteiger charge is -2.33. The van der Waals surface area contributed by atoms with Gasteiger partial charge in [0.05, 0.1) is 11.4 Å². The van der Waals surface area contributed by atoms with Gasteiger partial charge in [-0.3, -0.25) is 9.59 Å². The van der Waals surface area contributed by atoms with E-state index in [1.165, 1.54) is 18.0 Å². The molecule has 2 amide bonds. The predicted molar refractivity (Wildman–Crippen MR) is 168 cm³/mol. The van der Waals surface area contributed by atoms with Crippen LogP contribution in [0, 0.1) is 0 Å². The number of likely N-dealkylation sites (N-methyl/N-ethyl adjacent to an activating group) is 1. The summed E-state index contributed by atoms with van der Waals surface area (Å²) < 4.78 is 28.1. The first-order valence-electron chi connectivity index (χ1n) is 13.5. The zero-order chi connectivity index (χ0) is 30.4. The molecule has 0 spiro atoms. The number of nitrogens with zero attached hydrogens (tertiary/aromatic N) is 2. The van der Waals surface area contributed by atoms with Crippen molar-refractivity contribution in [1.82, 2.24) is 14.5 Å². The third-order valence-electron chi connectivity index (χ3n) is 6.88. The molecule has 0 bridgehead atoms. The van der Waals surface area contributed by atoms with Crippen molar-refractivity contribution in [2.24, 2.45) is 0 Å². The average molecular weight is 627 g/mol. The molecule has 0 aromatic heterocycles. The number of nitrogens with one attached hydrogen (secondary N) is 1. The number of carbonyl (C=O) groups is 2. The van der Waals surface area contributed by atoms with E-state index in [0.29, 0.717) is 15.6 Å². The Morgan fingerprint density at radius 3 is 2.10 bits per heavy atom. The molecule has 0 fully saturated rings. The molecule has 10 heteroatoms. The second kappa shape index (κ2) is 13.7. The van der Waals surface area contributed by atoms with Crippen LogP contribution in [0.3, 0.4) is 0 Å². The Balaban J connectivity index is 1.71. The van der Waals surface area contributed by atoms with Crippen LogP contribution >= 0.6 is 23.2 Å². The third kappa shape index (κ3) is 7.50. The molecule has 0 saturated heterocycles. The molecular formula is C32H33Cl2N3O4S. The summed E-state index contributed by atoms with van der Waals surface area (Å²) in [7, 11) is -2.69. The van der Waals surface area contributed by atoms with Gasteiger partial charge in [-0.25, -0.2) is 8.42 Å². The Morgan fingerprint density at radius 2 is 1.45 bits per heavy atom. The number of benzene rings is 4. The van der Waals surface area contributed by atoms with Gasteiger partial charge in [0.2, 0.25) is 21.8 Å². The average Bonchev–Trinajstić information content (AvgIpc) is 2.96. The van der Waals surface area contributed by atoms with Crippen LogP contribution in [0.25, 0.3) is 10.8 Å². The van der Waals surface area contributed by atoms with Crippen LogP contribution in [-0.2, 0) is 32.6 Å². The van der Waals surface area contributed by atoms with Crippen LogP contribution in [0.1, 0.15) is 25.0 Å². The molecule has 0 aliphatic carbocycles. The lowest BCUT2D eigenvalue weighted by Crippen LogP contribution is -2.54. The van der Waals surface area contributed by atoms with Crippen molar-refractivity contribution in [3.63, 3.8) is 0 Å². The van der Waals surface area contributed by atoms with Crippen LogP contribution in [0.2, 0.25) is 10.0 Å². The number of sulfonamides is 1. The molecule has 4 aromatic rings. The van der Waals surface area contributed by atoms with Crippen molar-refractivity contribution in [3.05, 3.63) is 112 Å². The molecular weight excluding hydrogens is 593 g/mol. The van der Waals surface area contributed by atoms with E-state index in [1.807, 2.05) is 68.4 Å². The van der Waals surface area contributed by atoms with E-state index in [4.69, 9.17) is 23.2 Å². The first-order chi connectivity index (χ1) is 20.0. The first kappa shape index (κ1) is 31.5. The number of carbonyl (C=O) groups excluding carboxylic acids is 2. The smallest absolute Gasteiger partial charge is 0.243 e. The van der Waals surface area contributed by atoms with E-state index in [1.54, 1.807) is 30.3 Å². The van der Waals surface area contributed by atoms with Gasteiger partial charge in [0.25, 0.3) is 0 Å². The van der Waals surface area contributed by atoms with Crippen LogP contribution in [0.5, 0.6) is 0 Å². The Morgan fingerprint density at radius 1 is 0.833 bits per heavy atom. The summed E-state index contributed by atoms with van der Waals surface area (Å²) in [5.74, 6) is -0.942. The van der Waals surface area contributed by atoms with E-state index in [9.17, 15) is 18.0 Å². The lowest BCUT2D eigenvalue weighted by molar-refractivity contribution is -0.141. The monoisotopic (exact) mass is 625 g/mol. The highest BCUT2D eigenvalue weighted by Gasteiger charge is 2.34. The summed E-state index contributed by atoms with van der Waals surface area (Å²) in [6.45, 7) is 3.07. The minimum absolute atomic E-state index is 0.0654. The van der Waals surface area contributed by atoms with E-state index in [2.05, 4.69) is 5.32 Å². The SMILES string of the molecule is CC(C)NC(=O)C(Cc1ccccc1)N(Cc1c(Cl)cccc1Cl)C(=O)CN(C)S(=O)(=O)c1ccc2ccccc2c1. The Bertz CT molecular complexity index is 1660. The Kier molecular flexibility index (Phi) is 10.3. The summed E-state index contributed by atoms with van der Waals surface area (Å²) in [5.41, 5.74) is 1.30. The summed E-state index contributed by atoms with van der Waals surface area (Å²) in [6.07, 6.45) is 0.203. The van der Waals surface area contributed by atoms with E-state index < -0.39 is 28.5 Å². The van der Waals surface area contributed by atoms with Crippen LogP contribution in [-0.4, -0.2) is 55.1 Å². The predicted octanol–water partition coefficient (Wildman–Crippen LogP) is 5.93. The van der Waals surface area contributed by atoms with Gasteiger partial charge in [-0.2, -0.15) is 4.31 Å². The normalized spacial score (nSPS) is 12.5. The maximum atomic E-state index is 14.0. The van der Waals surface area contributed by atoms with E-state index in [-0.39, 0.29) is 29.8 Å². The second-order valence-corrected chi connectivity index (χ2v) is 13.2. The molecule has 42 heavy (non-hydrogen) atoms. The molecule has 1 unspecified atom stereocenters. The van der Waals surface area contributed by atoms with E-state index >= 15 is 0 Å². The Hall–Kier alpha value is -3.43. The zero-order valence-electron chi connectivity index (χ0n) is 23.6. The number of hydrogen-bond donors (Lipinski definition) is 1. The van der Waals surface area contributed by atoms with Gasteiger partial charge in [-0.15, -0.1) is 0 Å². The first-order valence-corrected chi connectivity index (χ1v) is 15.7. The van der Waals surface area contributed by atoms with Crippen molar-refractivity contribution < 1.29 is 18.0 Å². The molecule has 0 radical (unpaired) electrons. The largest absolute Gasteiger partial charge is 0.352 e. The minimum Gasteiger partial charge on any atom is -0.352 e. The molecule has 220 valence electrons. The van der Waals surface area contributed by atoms with Gasteiger partial charge in [0, 0.05) is 41.7 Å². The molecule has 1 atom stereocenters. The molecule has 0 saturated carbocycles. The van der Waals surface area contributed by atoms with Crippen LogP contribution < -0.4 is 5.32 Å². The molecule has 0 heterocycles. The van der Waals surface area contributed by atoms with Gasteiger partial charge in [-0.05, 0) is 54.4 Å². The minimum atomic E-state index is -4.04. The fourth-order valence-electron chi connectivity index (χ4n) is 4.66. The summed E-state index contributed by atoms with van der Waals surface area (Å²) in [5, 5.41) is 5.24. The second-order valence-electron chi connectivity index (χ2n) is 10.4. The van der Waals surface area contributed by atoms with Gasteiger partial charge in [-0.1, -0.05) is 89.9 Å². The highest BCUT2D eigenvalue weighted by molar-refractivity contribution is 7.89. The number of amides is 2. The molecule has 4 rings (SSSR count). The molecule has 0 aliphatic heterocycles. The number of hydrogen-bond acceptors (Lipinski definition) is 4. The fraction of sp³-hybridized carbons (Fsp3) is 0.250.